The fourth-order valence-electron chi connectivity index (χ4n) is 2.11. The van der Waals surface area contributed by atoms with E-state index in [2.05, 4.69) is 19.2 Å². The second-order valence-electron chi connectivity index (χ2n) is 5.43. The molecule has 5 nitrogen and oxygen atoms in total. The number of nitrogens with one attached hydrogen (secondary N) is 1. The zero-order valence-electron chi connectivity index (χ0n) is 12.6. The lowest BCUT2D eigenvalue weighted by atomic mass is 10.0. The van der Waals surface area contributed by atoms with Crippen LogP contribution >= 0.6 is 0 Å². The highest BCUT2D eigenvalue weighted by Gasteiger charge is 2.09. The molecule has 114 valence electrons. The summed E-state index contributed by atoms with van der Waals surface area (Å²) in [5.41, 5.74) is 2.52. The fourth-order valence-corrected chi connectivity index (χ4v) is 2.11. The van der Waals surface area contributed by atoms with Crippen molar-refractivity contribution < 1.29 is 9.72 Å². The van der Waals surface area contributed by atoms with Gasteiger partial charge in [-0.05, 0) is 23.1 Å². The van der Waals surface area contributed by atoms with E-state index in [-0.39, 0.29) is 18.0 Å². The first-order valence-corrected chi connectivity index (χ1v) is 7.09. The number of benzene rings is 2. The normalized spacial score (nSPS) is 10.5. The molecule has 0 saturated heterocycles. The first-order valence-electron chi connectivity index (χ1n) is 7.09. The van der Waals surface area contributed by atoms with Crippen molar-refractivity contribution >= 4 is 17.3 Å². The van der Waals surface area contributed by atoms with Gasteiger partial charge in [0.25, 0.3) is 5.69 Å². The van der Waals surface area contributed by atoms with Gasteiger partial charge in [-0.25, -0.2) is 0 Å². The topological polar surface area (TPSA) is 72.2 Å². The van der Waals surface area contributed by atoms with Crippen LogP contribution in [0, 0.1) is 10.1 Å². The van der Waals surface area contributed by atoms with Gasteiger partial charge in [0.1, 0.15) is 0 Å². The van der Waals surface area contributed by atoms with Gasteiger partial charge in [-0.3, -0.25) is 14.9 Å². The number of rotatable bonds is 5. The van der Waals surface area contributed by atoms with Crippen molar-refractivity contribution in [2.24, 2.45) is 0 Å². The van der Waals surface area contributed by atoms with E-state index >= 15 is 0 Å². The minimum Gasteiger partial charge on any atom is -0.326 e. The first-order chi connectivity index (χ1) is 10.5. The molecule has 5 heteroatoms. The number of amides is 1. The standard InChI is InChI=1S/C17H18N2O3/c1-12(2)14-8-6-13(7-9-14)10-17(20)18-15-4-3-5-16(11-15)19(21)22/h3-9,11-12H,10H2,1-2H3,(H,18,20). The number of nitro benzene ring substituents is 1. The van der Waals surface area contributed by atoms with E-state index in [0.717, 1.165) is 5.56 Å². The van der Waals surface area contributed by atoms with E-state index in [1.807, 2.05) is 24.3 Å². The lowest BCUT2D eigenvalue weighted by molar-refractivity contribution is -0.384. The molecule has 0 aliphatic heterocycles. The minimum absolute atomic E-state index is 0.0425. The highest BCUT2D eigenvalue weighted by molar-refractivity contribution is 5.92. The highest BCUT2D eigenvalue weighted by Crippen LogP contribution is 2.18. The molecule has 0 heterocycles. The van der Waals surface area contributed by atoms with E-state index in [4.69, 9.17) is 0 Å². The molecule has 22 heavy (non-hydrogen) atoms. The van der Waals surface area contributed by atoms with Crippen molar-refractivity contribution in [3.8, 4) is 0 Å². The van der Waals surface area contributed by atoms with Crippen LogP contribution < -0.4 is 5.32 Å². The Hall–Kier alpha value is -2.69. The summed E-state index contributed by atoms with van der Waals surface area (Å²) in [5.74, 6) is 0.255. The molecule has 0 aromatic heterocycles. The van der Waals surface area contributed by atoms with Crippen molar-refractivity contribution in [2.75, 3.05) is 5.32 Å². The zero-order valence-corrected chi connectivity index (χ0v) is 12.6. The zero-order chi connectivity index (χ0) is 16.1. The Labute approximate surface area is 129 Å². The Kier molecular flexibility index (Phi) is 4.88. The Morgan fingerprint density at radius 2 is 1.86 bits per heavy atom. The number of nitro groups is 1. The lowest BCUT2D eigenvalue weighted by Gasteiger charge is -2.08. The maximum absolute atomic E-state index is 12.0. The molecule has 0 aliphatic carbocycles. The van der Waals surface area contributed by atoms with Crippen molar-refractivity contribution in [3.63, 3.8) is 0 Å². The molecule has 2 aromatic carbocycles. The number of carbonyl (C=O) groups is 1. The molecule has 0 spiro atoms. The molecule has 0 atom stereocenters. The molecule has 1 N–H and O–H groups in total. The molecule has 0 radical (unpaired) electrons. The quantitative estimate of drug-likeness (QED) is 0.672. The monoisotopic (exact) mass is 298 g/mol. The van der Waals surface area contributed by atoms with Crippen LogP contribution in [0.4, 0.5) is 11.4 Å². The van der Waals surface area contributed by atoms with Crippen molar-refractivity contribution in [2.45, 2.75) is 26.2 Å². The smallest absolute Gasteiger partial charge is 0.271 e. The molecular formula is C17H18N2O3. The van der Waals surface area contributed by atoms with Gasteiger partial charge >= 0.3 is 0 Å². The average molecular weight is 298 g/mol. The van der Waals surface area contributed by atoms with Gasteiger partial charge in [-0.15, -0.1) is 0 Å². The number of nitrogens with zero attached hydrogens (tertiary/aromatic N) is 1. The predicted octanol–water partition coefficient (Wildman–Crippen LogP) is 3.90. The first kappa shape index (κ1) is 15.7. The summed E-state index contributed by atoms with van der Waals surface area (Å²) in [4.78, 5) is 22.2. The van der Waals surface area contributed by atoms with Crippen LogP contribution in [0.2, 0.25) is 0 Å². The van der Waals surface area contributed by atoms with Gasteiger partial charge in [0.15, 0.2) is 0 Å². The second-order valence-corrected chi connectivity index (χ2v) is 5.43. The predicted molar refractivity (Wildman–Crippen MR) is 86.0 cm³/mol. The van der Waals surface area contributed by atoms with E-state index < -0.39 is 4.92 Å². The number of carbonyl (C=O) groups excluding carboxylic acids is 1. The van der Waals surface area contributed by atoms with E-state index in [1.165, 1.54) is 17.7 Å². The van der Waals surface area contributed by atoms with Crippen LogP contribution in [0.3, 0.4) is 0 Å². The van der Waals surface area contributed by atoms with E-state index in [1.54, 1.807) is 12.1 Å². The molecule has 0 fully saturated rings. The molecule has 0 aliphatic rings. The summed E-state index contributed by atoms with van der Waals surface area (Å²) >= 11 is 0. The van der Waals surface area contributed by atoms with Gasteiger partial charge in [0.05, 0.1) is 11.3 Å². The van der Waals surface area contributed by atoms with Crippen molar-refractivity contribution in [1.82, 2.24) is 0 Å². The SMILES string of the molecule is CC(C)c1ccc(CC(=O)Nc2cccc([N+](=O)[O-])c2)cc1. The van der Waals surface area contributed by atoms with Gasteiger partial charge in [-0.1, -0.05) is 44.2 Å². The number of anilines is 1. The number of non-ortho nitro benzene ring substituents is 1. The molecule has 1 amide bonds. The average Bonchev–Trinajstić information content (AvgIpc) is 2.47. The molecule has 2 aromatic rings. The van der Waals surface area contributed by atoms with Crippen LogP contribution in [-0.4, -0.2) is 10.8 Å². The van der Waals surface area contributed by atoms with Gasteiger partial charge in [-0.2, -0.15) is 0 Å². The second kappa shape index (κ2) is 6.85. The van der Waals surface area contributed by atoms with Crippen LogP contribution in [0.5, 0.6) is 0 Å². The largest absolute Gasteiger partial charge is 0.326 e. The van der Waals surface area contributed by atoms with Gasteiger partial charge in [0.2, 0.25) is 5.91 Å². The summed E-state index contributed by atoms with van der Waals surface area (Å²) in [6, 6.07) is 13.8. The summed E-state index contributed by atoms with van der Waals surface area (Å²) < 4.78 is 0. The Morgan fingerprint density at radius 1 is 1.18 bits per heavy atom. The maximum Gasteiger partial charge on any atom is 0.271 e. The van der Waals surface area contributed by atoms with E-state index in [9.17, 15) is 14.9 Å². The molecule has 0 unspecified atom stereocenters. The lowest BCUT2D eigenvalue weighted by Crippen LogP contribution is -2.14. The highest BCUT2D eigenvalue weighted by atomic mass is 16.6. The summed E-state index contributed by atoms with van der Waals surface area (Å²) in [6.07, 6.45) is 0.237. The third-order valence-corrected chi connectivity index (χ3v) is 3.35. The number of hydrogen-bond donors (Lipinski definition) is 1. The summed E-state index contributed by atoms with van der Waals surface area (Å²) in [6.45, 7) is 4.23. The van der Waals surface area contributed by atoms with Gasteiger partial charge in [0, 0.05) is 17.8 Å². The van der Waals surface area contributed by atoms with Crippen LogP contribution in [0.15, 0.2) is 48.5 Å². The van der Waals surface area contributed by atoms with Crippen molar-refractivity contribution in [1.29, 1.82) is 0 Å². The maximum atomic E-state index is 12.0. The van der Waals surface area contributed by atoms with Crippen LogP contribution in [-0.2, 0) is 11.2 Å². The van der Waals surface area contributed by atoms with Crippen LogP contribution in [0.1, 0.15) is 30.9 Å². The Balaban J connectivity index is 2.00. The molecule has 0 bridgehead atoms. The Bertz CT molecular complexity index is 679. The summed E-state index contributed by atoms with van der Waals surface area (Å²) in [7, 11) is 0. The molecule has 0 saturated carbocycles. The third-order valence-electron chi connectivity index (χ3n) is 3.35. The number of hydrogen-bond acceptors (Lipinski definition) is 3. The Morgan fingerprint density at radius 3 is 2.45 bits per heavy atom. The van der Waals surface area contributed by atoms with Gasteiger partial charge < -0.3 is 5.32 Å². The van der Waals surface area contributed by atoms with Crippen molar-refractivity contribution in [3.05, 3.63) is 69.8 Å². The fraction of sp³-hybridized carbons (Fsp3) is 0.235. The minimum atomic E-state index is -0.486. The summed E-state index contributed by atoms with van der Waals surface area (Å²) in [5, 5.41) is 13.4. The third kappa shape index (κ3) is 4.15. The molecule has 2 rings (SSSR count). The molecular weight excluding hydrogens is 280 g/mol. The van der Waals surface area contributed by atoms with E-state index in [0.29, 0.717) is 11.6 Å². The van der Waals surface area contributed by atoms with Crippen LogP contribution in [0.25, 0.3) is 0 Å².